The van der Waals surface area contributed by atoms with Crippen LogP contribution in [0.25, 0.3) is 0 Å². The molecule has 2 aliphatic rings. The number of morpholine rings is 1. The number of likely N-dealkylation sites (tertiary alicyclic amines) is 1. The summed E-state index contributed by atoms with van der Waals surface area (Å²) in [5.41, 5.74) is 1.44. The molecule has 0 aliphatic carbocycles. The molecule has 24 heavy (non-hydrogen) atoms. The topological polar surface area (TPSA) is 20.6 Å². The number of nitrogens with zero attached hydrogens (tertiary/aromatic N) is 3. The lowest BCUT2D eigenvalue weighted by Gasteiger charge is -2.29. The Hall–Kier alpha value is -1.14. The van der Waals surface area contributed by atoms with E-state index in [1.807, 2.05) is 11.3 Å². The number of thiophene rings is 1. The van der Waals surface area contributed by atoms with E-state index < -0.39 is 0 Å². The molecule has 5 heteroatoms. The summed E-state index contributed by atoms with van der Waals surface area (Å²) in [6.45, 7) is 9.85. The Morgan fingerprint density at radius 3 is 2.79 bits per heavy atom. The van der Waals surface area contributed by atoms with Crippen molar-refractivity contribution in [3.05, 3.63) is 46.4 Å². The van der Waals surface area contributed by atoms with Gasteiger partial charge in [0.2, 0.25) is 0 Å². The molecule has 0 aromatic carbocycles. The van der Waals surface area contributed by atoms with Crippen molar-refractivity contribution in [1.29, 1.82) is 0 Å². The Morgan fingerprint density at radius 2 is 1.96 bits per heavy atom. The van der Waals surface area contributed by atoms with Crippen LogP contribution in [0.2, 0.25) is 0 Å². The fourth-order valence-corrected chi connectivity index (χ4v) is 4.60. The molecule has 4 heterocycles. The first-order chi connectivity index (χ1) is 11.9. The maximum atomic E-state index is 5.46. The van der Waals surface area contributed by atoms with Crippen molar-refractivity contribution in [3.63, 3.8) is 0 Å². The van der Waals surface area contributed by atoms with Crippen molar-refractivity contribution < 1.29 is 4.74 Å². The predicted octanol–water partition coefficient (Wildman–Crippen LogP) is 2.75. The van der Waals surface area contributed by atoms with Crippen LogP contribution in [0, 0.1) is 5.92 Å². The molecule has 0 radical (unpaired) electrons. The molecule has 130 valence electrons. The van der Waals surface area contributed by atoms with E-state index in [1.165, 1.54) is 36.6 Å². The van der Waals surface area contributed by atoms with E-state index in [1.54, 1.807) is 0 Å². The molecule has 1 unspecified atom stereocenters. The van der Waals surface area contributed by atoms with Crippen LogP contribution in [0.1, 0.15) is 17.0 Å². The van der Waals surface area contributed by atoms with Gasteiger partial charge in [-0.25, -0.2) is 0 Å². The molecule has 2 aliphatic heterocycles. The third kappa shape index (κ3) is 4.09. The second kappa shape index (κ2) is 7.83. The van der Waals surface area contributed by atoms with Gasteiger partial charge in [-0.2, -0.15) is 0 Å². The molecule has 0 amide bonds. The zero-order valence-corrected chi connectivity index (χ0v) is 15.1. The molecule has 2 fully saturated rings. The Labute approximate surface area is 148 Å². The van der Waals surface area contributed by atoms with Crippen molar-refractivity contribution in [2.75, 3.05) is 45.9 Å². The van der Waals surface area contributed by atoms with Crippen LogP contribution in [-0.2, 0) is 17.8 Å². The molecule has 0 spiro atoms. The maximum Gasteiger partial charge on any atom is 0.0594 e. The number of hydrogen-bond donors (Lipinski definition) is 0. The summed E-state index contributed by atoms with van der Waals surface area (Å²) in [6, 6.07) is 8.83. The smallest absolute Gasteiger partial charge is 0.0594 e. The van der Waals surface area contributed by atoms with Gasteiger partial charge in [0.15, 0.2) is 0 Å². The van der Waals surface area contributed by atoms with E-state index in [2.05, 4.69) is 50.2 Å². The fourth-order valence-electron chi connectivity index (χ4n) is 3.90. The van der Waals surface area contributed by atoms with Gasteiger partial charge >= 0.3 is 0 Å². The second-order valence-electron chi connectivity index (χ2n) is 7.01. The van der Waals surface area contributed by atoms with Gasteiger partial charge in [0.25, 0.3) is 0 Å². The van der Waals surface area contributed by atoms with Crippen molar-refractivity contribution >= 4 is 11.3 Å². The summed E-state index contributed by atoms with van der Waals surface area (Å²) in [6.07, 6.45) is 3.55. The molecule has 0 bridgehead atoms. The molecule has 1 atom stereocenters. The zero-order valence-electron chi connectivity index (χ0n) is 14.3. The van der Waals surface area contributed by atoms with Crippen LogP contribution >= 0.6 is 11.3 Å². The Bertz CT molecular complexity index is 618. The highest BCUT2D eigenvalue weighted by Crippen LogP contribution is 2.21. The highest BCUT2D eigenvalue weighted by molar-refractivity contribution is 7.09. The van der Waals surface area contributed by atoms with E-state index in [0.29, 0.717) is 0 Å². The van der Waals surface area contributed by atoms with Crippen LogP contribution in [0.4, 0.5) is 0 Å². The minimum atomic E-state index is 0.823. The Balaban J connectivity index is 1.29. The molecular weight excluding hydrogens is 318 g/mol. The molecule has 2 aromatic rings. The highest BCUT2D eigenvalue weighted by Gasteiger charge is 2.25. The van der Waals surface area contributed by atoms with Crippen molar-refractivity contribution in [1.82, 2.24) is 14.4 Å². The molecule has 0 saturated carbocycles. The normalized spacial score (nSPS) is 23.1. The molecule has 4 rings (SSSR count). The number of rotatable bonds is 6. The van der Waals surface area contributed by atoms with E-state index in [9.17, 15) is 0 Å². The first-order valence-electron chi connectivity index (χ1n) is 9.06. The van der Waals surface area contributed by atoms with Gasteiger partial charge in [0, 0.05) is 49.5 Å². The minimum Gasteiger partial charge on any atom is -0.379 e. The summed E-state index contributed by atoms with van der Waals surface area (Å²) in [5.74, 6) is 0.823. The SMILES string of the molecule is c1csc(Cn2cccc2CN2CCC(CN3CCOCC3)C2)c1. The average molecular weight is 346 g/mol. The van der Waals surface area contributed by atoms with Gasteiger partial charge in [0.05, 0.1) is 19.8 Å². The van der Waals surface area contributed by atoms with E-state index in [0.717, 1.165) is 45.3 Å². The van der Waals surface area contributed by atoms with Gasteiger partial charge in [-0.05, 0) is 42.5 Å². The van der Waals surface area contributed by atoms with Gasteiger partial charge in [-0.3, -0.25) is 9.80 Å². The van der Waals surface area contributed by atoms with Gasteiger partial charge in [-0.15, -0.1) is 11.3 Å². The second-order valence-corrected chi connectivity index (χ2v) is 8.04. The highest BCUT2D eigenvalue weighted by atomic mass is 32.1. The number of aromatic nitrogens is 1. The van der Waals surface area contributed by atoms with Crippen LogP contribution < -0.4 is 0 Å². The van der Waals surface area contributed by atoms with Crippen molar-refractivity contribution in [3.8, 4) is 0 Å². The fraction of sp³-hybridized carbons (Fsp3) is 0.579. The van der Waals surface area contributed by atoms with E-state index >= 15 is 0 Å². The van der Waals surface area contributed by atoms with E-state index in [4.69, 9.17) is 4.74 Å². The molecule has 4 nitrogen and oxygen atoms in total. The van der Waals surface area contributed by atoms with E-state index in [-0.39, 0.29) is 0 Å². The predicted molar refractivity (Wildman–Crippen MR) is 98.5 cm³/mol. The van der Waals surface area contributed by atoms with Gasteiger partial charge < -0.3 is 9.30 Å². The van der Waals surface area contributed by atoms with Gasteiger partial charge in [-0.1, -0.05) is 6.07 Å². The molecule has 2 aromatic heterocycles. The maximum absolute atomic E-state index is 5.46. The van der Waals surface area contributed by atoms with Gasteiger partial charge in [0.1, 0.15) is 0 Å². The minimum absolute atomic E-state index is 0.823. The summed E-state index contributed by atoms with van der Waals surface area (Å²) in [4.78, 5) is 6.64. The molecule has 2 saturated heterocycles. The number of ether oxygens (including phenoxy) is 1. The lowest BCUT2D eigenvalue weighted by Crippen LogP contribution is -2.39. The lowest BCUT2D eigenvalue weighted by molar-refractivity contribution is 0.0311. The standard InChI is InChI=1S/C19H27N3OS/c1-3-18(22(6-1)16-19-4-2-12-24-19)15-21-7-5-17(14-21)13-20-8-10-23-11-9-20/h1-4,6,12,17H,5,7-11,13-16H2. The monoisotopic (exact) mass is 345 g/mol. The Kier molecular flexibility index (Phi) is 5.33. The van der Waals surface area contributed by atoms with Crippen molar-refractivity contribution in [2.45, 2.75) is 19.5 Å². The van der Waals surface area contributed by atoms with Crippen LogP contribution in [-0.4, -0.2) is 60.3 Å². The van der Waals surface area contributed by atoms with Crippen molar-refractivity contribution in [2.24, 2.45) is 5.92 Å². The zero-order chi connectivity index (χ0) is 16.2. The molecule has 0 N–H and O–H groups in total. The average Bonchev–Trinajstić information content (AvgIpc) is 3.34. The lowest BCUT2D eigenvalue weighted by atomic mass is 10.1. The van der Waals surface area contributed by atoms with Crippen LogP contribution in [0.3, 0.4) is 0 Å². The molecular formula is C19H27N3OS. The summed E-state index contributed by atoms with van der Waals surface area (Å²) in [5, 5.41) is 2.16. The summed E-state index contributed by atoms with van der Waals surface area (Å²) < 4.78 is 7.86. The largest absolute Gasteiger partial charge is 0.379 e. The summed E-state index contributed by atoms with van der Waals surface area (Å²) in [7, 11) is 0. The van der Waals surface area contributed by atoms with Crippen LogP contribution in [0.15, 0.2) is 35.8 Å². The quantitative estimate of drug-likeness (QED) is 0.803. The Morgan fingerprint density at radius 1 is 1.04 bits per heavy atom. The third-order valence-electron chi connectivity index (χ3n) is 5.21. The first kappa shape index (κ1) is 16.3. The van der Waals surface area contributed by atoms with Crippen LogP contribution in [0.5, 0.6) is 0 Å². The first-order valence-corrected chi connectivity index (χ1v) is 9.93. The third-order valence-corrected chi connectivity index (χ3v) is 6.07. The summed E-state index contributed by atoms with van der Waals surface area (Å²) >= 11 is 1.84. The number of hydrogen-bond acceptors (Lipinski definition) is 4.